The van der Waals surface area contributed by atoms with Gasteiger partial charge in [-0.05, 0) is 23.8 Å². The van der Waals surface area contributed by atoms with Crippen molar-refractivity contribution in [1.82, 2.24) is 15.3 Å². The van der Waals surface area contributed by atoms with Gasteiger partial charge in [0, 0.05) is 30.8 Å². The molecule has 1 aromatic heterocycles. The Hall–Kier alpha value is -2.96. The van der Waals surface area contributed by atoms with E-state index in [1.165, 1.54) is 13.3 Å². The Labute approximate surface area is 120 Å². The van der Waals surface area contributed by atoms with E-state index in [-0.39, 0.29) is 11.8 Å². The molecule has 0 saturated carbocycles. The monoisotopic (exact) mass is 283 g/mol. The summed E-state index contributed by atoms with van der Waals surface area (Å²) in [7, 11) is 0. The summed E-state index contributed by atoms with van der Waals surface area (Å²) in [6.07, 6.45) is 1.37. The minimum absolute atomic E-state index is 0.0495. The minimum Gasteiger partial charge on any atom is -0.348 e. The third-order valence-electron chi connectivity index (χ3n) is 3.03. The van der Waals surface area contributed by atoms with Gasteiger partial charge in [-0.25, -0.2) is 9.97 Å². The fourth-order valence-corrected chi connectivity index (χ4v) is 2.13. The molecule has 0 aliphatic carbocycles. The molecule has 106 valence electrons. The first kappa shape index (κ1) is 13.0. The van der Waals surface area contributed by atoms with Crippen LogP contribution in [0.5, 0.6) is 0 Å². The summed E-state index contributed by atoms with van der Waals surface area (Å²) in [4.78, 5) is 30.5. The zero-order valence-electron chi connectivity index (χ0n) is 11.3. The number of benzene rings is 1. The molecule has 0 fully saturated rings. The van der Waals surface area contributed by atoms with Gasteiger partial charge in [0.1, 0.15) is 18.0 Å². The van der Waals surface area contributed by atoms with E-state index in [1.807, 2.05) is 12.1 Å². The molecule has 3 rings (SSSR count). The predicted octanol–water partition coefficient (Wildman–Crippen LogP) is 1.42. The van der Waals surface area contributed by atoms with Crippen LogP contribution in [0.15, 0.2) is 30.6 Å². The standard InChI is InChI=1S/C14H13N5O2/c1-8(20)18-12-5-13(17-7-16-12)19-10-2-3-11-9(4-10)6-15-14(11)21/h2-5,7H,6H2,1H3,(H,15,21)(H2,16,17,18,19,20). The maximum absolute atomic E-state index is 11.5. The highest BCUT2D eigenvalue weighted by molar-refractivity contribution is 5.98. The number of anilines is 3. The van der Waals surface area contributed by atoms with Gasteiger partial charge in [-0.15, -0.1) is 0 Å². The smallest absolute Gasteiger partial charge is 0.251 e. The van der Waals surface area contributed by atoms with Gasteiger partial charge < -0.3 is 16.0 Å². The van der Waals surface area contributed by atoms with Crippen LogP contribution in [-0.2, 0) is 11.3 Å². The fraction of sp³-hybridized carbons (Fsp3) is 0.143. The van der Waals surface area contributed by atoms with Crippen molar-refractivity contribution in [1.29, 1.82) is 0 Å². The number of hydrogen-bond donors (Lipinski definition) is 3. The van der Waals surface area contributed by atoms with Crippen LogP contribution in [-0.4, -0.2) is 21.8 Å². The Morgan fingerprint density at radius 1 is 1.24 bits per heavy atom. The molecule has 0 unspecified atom stereocenters. The van der Waals surface area contributed by atoms with E-state index in [0.29, 0.717) is 23.7 Å². The number of nitrogens with zero attached hydrogens (tertiary/aromatic N) is 2. The van der Waals surface area contributed by atoms with Crippen LogP contribution in [0, 0.1) is 0 Å². The number of amides is 2. The lowest BCUT2D eigenvalue weighted by molar-refractivity contribution is -0.114. The first-order valence-electron chi connectivity index (χ1n) is 6.39. The first-order chi connectivity index (χ1) is 10.1. The summed E-state index contributed by atoms with van der Waals surface area (Å²) in [6, 6.07) is 7.12. The number of nitrogens with one attached hydrogen (secondary N) is 3. The molecule has 2 heterocycles. The molecular weight excluding hydrogens is 270 g/mol. The lowest BCUT2D eigenvalue weighted by Crippen LogP contribution is -2.12. The van der Waals surface area contributed by atoms with Crippen LogP contribution in [0.2, 0.25) is 0 Å². The van der Waals surface area contributed by atoms with Crippen molar-refractivity contribution in [2.24, 2.45) is 0 Å². The SMILES string of the molecule is CC(=O)Nc1cc(Nc2ccc3c(c2)CNC3=O)ncn1. The van der Waals surface area contributed by atoms with E-state index < -0.39 is 0 Å². The van der Waals surface area contributed by atoms with Gasteiger partial charge in [0.25, 0.3) is 5.91 Å². The zero-order chi connectivity index (χ0) is 14.8. The summed E-state index contributed by atoms with van der Waals surface area (Å²) < 4.78 is 0. The second-order valence-corrected chi connectivity index (χ2v) is 4.65. The largest absolute Gasteiger partial charge is 0.348 e. The lowest BCUT2D eigenvalue weighted by atomic mass is 10.1. The average Bonchev–Trinajstić information content (AvgIpc) is 2.80. The Balaban J connectivity index is 1.81. The molecule has 0 radical (unpaired) electrons. The molecule has 7 heteroatoms. The zero-order valence-corrected chi connectivity index (χ0v) is 11.3. The lowest BCUT2D eigenvalue weighted by Gasteiger charge is -2.08. The maximum atomic E-state index is 11.5. The van der Waals surface area contributed by atoms with Crippen molar-refractivity contribution in [3.05, 3.63) is 41.7 Å². The summed E-state index contributed by atoms with van der Waals surface area (Å²) in [5, 5.41) is 8.48. The third-order valence-corrected chi connectivity index (χ3v) is 3.03. The number of carbonyl (C=O) groups is 2. The molecule has 1 aliphatic rings. The van der Waals surface area contributed by atoms with Crippen molar-refractivity contribution in [3.8, 4) is 0 Å². The van der Waals surface area contributed by atoms with Crippen molar-refractivity contribution in [3.63, 3.8) is 0 Å². The van der Waals surface area contributed by atoms with E-state index >= 15 is 0 Å². The molecule has 2 amide bonds. The third kappa shape index (κ3) is 2.81. The van der Waals surface area contributed by atoms with Crippen LogP contribution in [0.4, 0.5) is 17.3 Å². The van der Waals surface area contributed by atoms with Crippen LogP contribution < -0.4 is 16.0 Å². The van der Waals surface area contributed by atoms with Gasteiger partial charge in [0.05, 0.1) is 0 Å². The summed E-state index contributed by atoms with van der Waals surface area (Å²) in [5.41, 5.74) is 2.46. The van der Waals surface area contributed by atoms with E-state index in [4.69, 9.17) is 0 Å². The van der Waals surface area contributed by atoms with Crippen molar-refractivity contribution < 1.29 is 9.59 Å². The van der Waals surface area contributed by atoms with Crippen molar-refractivity contribution in [2.75, 3.05) is 10.6 Å². The molecular formula is C14H13N5O2. The number of fused-ring (bicyclic) bond motifs is 1. The normalized spacial score (nSPS) is 12.5. The van der Waals surface area contributed by atoms with E-state index in [2.05, 4.69) is 25.9 Å². The van der Waals surface area contributed by atoms with E-state index in [0.717, 1.165) is 11.3 Å². The summed E-state index contributed by atoms with van der Waals surface area (Å²) in [5.74, 6) is 0.747. The molecule has 0 spiro atoms. The minimum atomic E-state index is -0.193. The van der Waals surface area contributed by atoms with Gasteiger partial charge in [0.2, 0.25) is 5.91 Å². The van der Waals surface area contributed by atoms with Gasteiger partial charge in [-0.3, -0.25) is 9.59 Å². The number of carbonyl (C=O) groups excluding carboxylic acids is 2. The van der Waals surface area contributed by atoms with Gasteiger partial charge in [-0.2, -0.15) is 0 Å². The second-order valence-electron chi connectivity index (χ2n) is 4.65. The molecule has 0 atom stereocenters. The molecule has 0 bridgehead atoms. The summed E-state index contributed by atoms with van der Waals surface area (Å²) in [6.45, 7) is 1.95. The summed E-state index contributed by atoms with van der Waals surface area (Å²) >= 11 is 0. The topological polar surface area (TPSA) is 96.0 Å². The Morgan fingerprint density at radius 3 is 2.86 bits per heavy atom. The first-order valence-corrected chi connectivity index (χ1v) is 6.39. The second kappa shape index (κ2) is 5.20. The van der Waals surface area contributed by atoms with Gasteiger partial charge >= 0.3 is 0 Å². The molecule has 2 aromatic rings. The van der Waals surface area contributed by atoms with Crippen LogP contribution in [0.1, 0.15) is 22.8 Å². The quantitative estimate of drug-likeness (QED) is 0.791. The van der Waals surface area contributed by atoms with Crippen LogP contribution in [0.3, 0.4) is 0 Å². The average molecular weight is 283 g/mol. The Kier molecular flexibility index (Phi) is 3.23. The highest BCUT2D eigenvalue weighted by Gasteiger charge is 2.18. The van der Waals surface area contributed by atoms with E-state index in [1.54, 1.807) is 12.1 Å². The maximum Gasteiger partial charge on any atom is 0.251 e. The molecule has 1 aliphatic heterocycles. The van der Waals surface area contributed by atoms with Gasteiger partial charge in [-0.1, -0.05) is 0 Å². The van der Waals surface area contributed by atoms with Crippen LogP contribution >= 0.6 is 0 Å². The number of aromatic nitrogens is 2. The molecule has 7 nitrogen and oxygen atoms in total. The van der Waals surface area contributed by atoms with E-state index in [9.17, 15) is 9.59 Å². The highest BCUT2D eigenvalue weighted by Crippen LogP contribution is 2.22. The predicted molar refractivity (Wildman–Crippen MR) is 77.2 cm³/mol. The van der Waals surface area contributed by atoms with Crippen molar-refractivity contribution in [2.45, 2.75) is 13.5 Å². The van der Waals surface area contributed by atoms with Gasteiger partial charge in [0.15, 0.2) is 0 Å². The van der Waals surface area contributed by atoms with Crippen molar-refractivity contribution >= 4 is 29.1 Å². The Morgan fingerprint density at radius 2 is 2.05 bits per heavy atom. The molecule has 0 saturated heterocycles. The number of hydrogen-bond acceptors (Lipinski definition) is 5. The van der Waals surface area contributed by atoms with Crippen LogP contribution in [0.25, 0.3) is 0 Å². The molecule has 21 heavy (non-hydrogen) atoms. The molecule has 1 aromatic carbocycles. The fourth-order valence-electron chi connectivity index (χ4n) is 2.13. The Bertz CT molecular complexity index is 729. The molecule has 3 N–H and O–H groups in total. The number of rotatable bonds is 3. The highest BCUT2D eigenvalue weighted by atomic mass is 16.2.